The number of aryl methyl sites for hydroxylation is 1. The van der Waals surface area contributed by atoms with Gasteiger partial charge in [-0.1, -0.05) is 38.4 Å². The van der Waals surface area contributed by atoms with Gasteiger partial charge in [-0.2, -0.15) is 0 Å². The van der Waals surface area contributed by atoms with E-state index in [1.54, 1.807) is 12.1 Å². The highest BCUT2D eigenvalue weighted by Crippen LogP contribution is 2.18. The third-order valence-electron chi connectivity index (χ3n) is 2.34. The van der Waals surface area contributed by atoms with Crippen molar-refractivity contribution in [1.29, 1.82) is 0 Å². The summed E-state index contributed by atoms with van der Waals surface area (Å²) in [6.07, 6.45) is 0.818. The summed E-state index contributed by atoms with van der Waals surface area (Å²) in [6, 6.07) is 3.42. The van der Waals surface area contributed by atoms with Crippen molar-refractivity contribution in [2.24, 2.45) is 5.41 Å². The third-order valence-corrected chi connectivity index (χ3v) is 2.55. The lowest BCUT2D eigenvalue weighted by atomic mass is 9.93. The summed E-state index contributed by atoms with van der Waals surface area (Å²) >= 11 is 5.75. The van der Waals surface area contributed by atoms with Crippen LogP contribution in [0, 0.1) is 12.3 Å². The van der Waals surface area contributed by atoms with Crippen molar-refractivity contribution in [2.45, 2.75) is 34.1 Å². The van der Waals surface area contributed by atoms with Gasteiger partial charge in [0.15, 0.2) is 5.69 Å². The van der Waals surface area contributed by atoms with E-state index in [4.69, 9.17) is 16.3 Å². The standard InChI is InChI=1S/C13H18ClNO2/c1-9-5-6-10(14)15-11(9)12(16)17-8-7-13(2,3)4/h5-6H,7-8H2,1-4H3. The number of carbonyl (C=O) groups is 1. The Morgan fingerprint density at radius 1 is 1.41 bits per heavy atom. The van der Waals surface area contributed by atoms with E-state index in [1.807, 2.05) is 6.92 Å². The summed E-state index contributed by atoms with van der Waals surface area (Å²) in [6.45, 7) is 8.51. The fourth-order valence-corrected chi connectivity index (χ4v) is 1.38. The second-order valence-corrected chi connectivity index (χ2v) is 5.63. The van der Waals surface area contributed by atoms with Crippen LogP contribution in [0.1, 0.15) is 43.2 Å². The van der Waals surface area contributed by atoms with Gasteiger partial charge in [0.05, 0.1) is 6.61 Å². The Morgan fingerprint density at radius 3 is 2.65 bits per heavy atom. The first-order valence-electron chi connectivity index (χ1n) is 5.60. The number of aromatic nitrogens is 1. The van der Waals surface area contributed by atoms with Crippen molar-refractivity contribution in [1.82, 2.24) is 4.98 Å². The smallest absolute Gasteiger partial charge is 0.357 e. The van der Waals surface area contributed by atoms with Crippen molar-refractivity contribution < 1.29 is 9.53 Å². The molecular weight excluding hydrogens is 238 g/mol. The molecule has 0 fully saturated rings. The van der Waals surface area contributed by atoms with Gasteiger partial charge in [0.25, 0.3) is 0 Å². The lowest BCUT2D eigenvalue weighted by molar-refractivity contribution is 0.0457. The Hall–Kier alpha value is -1.09. The molecule has 0 amide bonds. The third kappa shape index (κ3) is 4.73. The highest BCUT2D eigenvalue weighted by atomic mass is 35.5. The largest absolute Gasteiger partial charge is 0.461 e. The summed E-state index contributed by atoms with van der Waals surface area (Å²) in [4.78, 5) is 15.7. The molecule has 94 valence electrons. The van der Waals surface area contributed by atoms with E-state index in [0.29, 0.717) is 17.5 Å². The number of halogens is 1. The van der Waals surface area contributed by atoms with E-state index < -0.39 is 5.97 Å². The minimum atomic E-state index is -0.408. The summed E-state index contributed by atoms with van der Waals surface area (Å²) in [7, 11) is 0. The zero-order valence-electron chi connectivity index (χ0n) is 10.7. The molecule has 0 bridgehead atoms. The number of nitrogens with zero attached hydrogens (tertiary/aromatic N) is 1. The first-order chi connectivity index (χ1) is 7.79. The minimum absolute atomic E-state index is 0.150. The second kappa shape index (κ2) is 5.50. The van der Waals surface area contributed by atoms with Gasteiger partial charge in [-0.3, -0.25) is 0 Å². The number of ether oxygens (including phenoxy) is 1. The van der Waals surface area contributed by atoms with Crippen molar-refractivity contribution in [2.75, 3.05) is 6.61 Å². The predicted octanol–water partition coefficient (Wildman–Crippen LogP) is 3.64. The molecule has 0 aromatic carbocycles. The highest BCUT2D eigenvalue weighted by molar-refractivity contribution is 6.29. The Balaban J connectivity index is 2.61. The van der Waals surface area contributed by atoms with Crippen molar-refractivity contribution in [3.63, 3.8) is 0 Å². The van der Waals surface area contributed by atoms with Gasteiger partial charge < -0.3 is 4.74 Å². The van der Waals surface area contributed by atoms with E-state index in [1.165, 1.54) is 0 Å². The lowest BCUT2D eigenvalue weighted by Crippen LogP contribution is -2.15. The molecule has 0 aliphatic rings. The monoisotopic (exact) mass is 255 g/mol. The summed E-state index contributed by atoms with van der Waals surface area (Å²) in [5.74, 6) is -0.408. The van der Waals surface area contributed by atoms with Crippen LogP contribution in [-0.2, 0) is 4.74 Å². The fraction of sp³-hybridized carbons (Fsp3) is 0.538. The number of pyridine rings is 1. The van der Waals surface area contributed by atoms with Gasteiger partial charge >= 0.3 is 5.97 Å². The molecule has 0 saturated heterocycles. The van der Waals surface area contributed by atoms with Crippen molar-refractivity contribution in [3.05, 3.63) is 28.5 Å². The van der Waals surface area contributed by atoms with E-state index in [0.717, 1.165) is 12.0 Å². The predicted molar refractivity (Wildman–Crippen MR) is 68.3 cm³/mol. The van der Waals surface area contributed by atoms with E-state index in [2.05, 4.69) is 25.8 Å². The average Bonchev–Trinajstić information content (AvgIpc) is 2.19. The highest BCUT2D eigenvalue weighted by Gasteiger charge is 2.15. The van der Waals surface area contributed by atoms with Gasteiger partial charge in [-0.05, 0) is 30.4 Å². The number of carbonyl (C=O) groups excluding carboxylic acids is 1. The van der Waals surface area contributed by atoms with Crippen LogP contribution in [-0.4, -0.2) is 17.6 Å². The van der Waals surface area contributed by atoms with Crippen LogP contribution in [0.5, 0.6) is 0 Å². The second-order valence-electron chi connectivity index (χ2n) is 5.25. The summed E-state index contributed by atoms with van der Waals surface area (Å²) in [5.41, 5.74) is 1.22. The first-order valence-corrected chi connectivity index (χ1v) is 5.98. The molecule has 3 nitrogen and oxygen atoms in total. The van der Waals surface area contributed by atoms with Crippen LogP contribution < -0.4 is 0 Å². The molecule has 17 heavy (non-hydrogen) atoms. The molecular formula is C13H18ClNO2. The Kier molecular flexibility index (Phi) is 4.52. The molecule has 0 radical (unpaired) electrons. The zero-order chi connectivity index (χ0) is 13.1. The molecule has 4 heteroatoms. The summed E-state index contributed by atoms with van der Waals surface area (Å²) in [5, 5.41) is 0.304. The normalized spacial score (nSPS) is 11.4. The van der Waals surface area contributed by atoms with Crippen LogP contribution in [0.3, 0.4) is 0 Å². The first kappa shape index (κ1) is 14.0. The Morgan fingerprint density at radius 2 is 2.06 bits per heavy atom. The maximum atomic E-state index is 11.8. The molecule has 0 aliphatic carbocycles. The molecule has 1 aromatic heterocycles. The maximum absolute atomic E-state index is 11.8. The maximum Gasteiger partial charge on any atom is 0.357 e. The molecule has 1 heterocycles. The molecule has 0 atom stereocenters. The van der Waals surface area contributed by atoms with Crippen LogP contribution in [0.4, 0.5) is 0 Å². The van der Waals surface area contributed by atoms with Crippen molar-refractivity contribution in [3.8, 4) is 0 Å². The van der Waals surface area contributed by atoms with Crippen LogP contribution in [0.2, 0.25) is 5.15 Å². The molecule has 0 spiro atoms. The number of hydrogen-bond donors (Lipinski definition) is 0. The average molecular weight is 256 g/mol. The fourth-order valence-electron chi connectivity index (χ4n) is 1.23. The van der Waals surface area contributed by atoms with Gasteiger partial charge in [0.1, 0.15) is 5.15 Å². The van der Waals surface area contributed by atoms with Crippen LogP contribution >= 0.6 is 11.6 Å². The van der Waals surface area contributed by atoms with E-state index >= 15 is 0 Å². The topological polar surface area (TPSA) is 39.2 Å². The molecule has 0 unspecified atom stereocenters. The van der Waals surface area contributed by atoms with Crippen LogP contribution in [0.25, 0.3) is 0 Å². The number of esters is 1. The lowest BCUT2D eigenvalue weighted by Gasteiger charge is -2.17. The number of rotatable bonds is 3. The molecule has 0 aliphatic heterocycles. The minimum Gasteiger partial charge on any atom is -0.461 e. The molecule has 1 rings (SSSR count). The molecule has 1 aromatic rings. The number of hydrogen-bond acceptors (Lipinski definition) is 3. The van der Waals surface area contributed by atoms with Gasteiger partial charge in [0.2, 0.25) is 0 Å². The van der Waals surface area contributed by atoms with Crippen molar-refractivity contribution >= 4 is 17.6 Å². The Bertz CT molecular complexity index is 410. The van der Waals surface area contributed by atoms with E-state index in [9.17, 15) is 4.79 Å². The van der Waals surface area contributed by atoms with Gasteiger partial charge in [-0.15, -0.1) is 0 Å². The quantitative estimate of drug-likeness (QED) is 0.612. The molecule has 0 N–H and O–H groups in total. The summed E-state index contributed by atoms with van der Waals surface area (Å²) < 4.78 is 5.18. The molecule has 0 saturated carbocycles. The van der Waals surface area contributed by atoms with E-state index in [-0.39, 0.29) is 5.41 Å². The Labute approximate surface area is 107 Å². The van der Waals surface area contributed by atoms with Crippen LogP contribution in [0.15, 0.2) is 12.1 Å². The SMILES string of the molecule is Cc1ccc(Cl)nc1C(=O)OCCC(C)(C)C. The van der Waals surface area contributed by atoms with Gasteiger partial charge in [-0.25, -0.2) is 9.78 Å². The van der Waals surface area contributed by atoms with Gasteiger partial charge in [0, 0.05) is 0 Å². The zero-order valence-corrected chi connectivity index (χ0v) is 11.5.